The number of benzene rings is 1. The lowest BCUT2D eigenvalue weighted by molar-refractivity contribution is -0.116. The molecule has 0 saturated heterocycles. The van der Waals surface area contributed by atoms with E-state index in [1.807, 2.05) is 37.3 Å². The first kappa shape index (κ1) is 12.9. The van der Waals surface area contributed by atoms with Gasteiger partial charge in [-0.1, -0.05) is 30.3 Å². The summed E-state index contributed by atoms with van der Waals surface area (Å²) in [6.45, 7) is 1.89. The number of anilines is 1. The average molecular weight is 286 g/mol. The van der Waals surface area contributed by atoms with Crippen LogP contribution in [-0.2, 0) is 4.79 Å². The van der Waals surface area contributed by atoms with Crippen LogP contribution >= 0.6 is 11.8 Å². The Kier molecular flexibility index (Phi) is 3.56. The standard InChI is InChI=1S/C14H14N4OS/c1-9-7-15-18-12(9)17-13(19)11-8-20-14(16-11)10-5-3-2-4-6-10/h2-7,11H,8H2,1H3,(H2,15,17,18,19). The second-order valence-electron chi connectivity index (χ2n) is 4.54. The Morgan fingerprint density at radius 3 is 2.90 bits per heavy atom. The van der Waals surface area contributed by atoms with E-state index in [9.17, 15) is 4.79 Å². The van der Waals surface area contributed by atoms with Crippen LogP contribution in [0, 0.1) is 6.92 Å². The molecule has 5 nitrogen and oxygen atoms in total. The van der Waals surface area contributed by atoms with Crippen LogP contribution in [0.2, 0.25) is 0 Å². The molecule has 0 aliphatic carbocycles. The van der Waals surface area contributed by atoms with Crippen molar-refractivity contribution in [2.45, 2.75) is 13.0 Å². The summed E-state index contributed by atoms with van der Waals surface area (Å²) in [6.07, 6.45) is 1.68. The van der Waals surface area contributed by atoms with Crippen molar-refractivity contribution in [1.29, 1.82) is 0 Å². The lowest BCUT2D eigenvalue weighted by atomic mass is 10.2. The van der Waals surface area contributed by atoms with Gasteiger partial charge in [-0.05, 0) is 6.92 Å². The highest BCUT2D eigenvalue weighted by molar-refractivity contribution is 8.14. The Morgan fingerprint density at radius 1 is 1.40 bits per heavy atom. The lowest BCUT2D eigenvalue weighted by Crippen LogP contribution is -2.26. The minimum Gasteiger partial charge on any atom is -0.309 e. The van der Waals surface area contributed by atoms with Crippen LogP contribution in [0.3, 0.4) is 0 Å². The molecule has 102 valence electrons. The normalized spacial score (nSPS) is 17.9. The van der Waals surface area contributed by atoms with Crippen molar-refractivity contribution in [2.75, 3.05) is 11.1 Å². The molecule has 1 unspecified atom stereocenters. The third-order valence-corrected chi connectivity index (χ3v) is 4.15. The van der Waals surface area contributed by atoms with Crippen LogP contribution in [0.4, 0.5) is 5.82 Å². The topological polar surface area (TPSA) is 70.1 Å². The van der Waals surface area contributed by atoms with Crippen LogP contribution in [0.1, 0.15) is 11.1 Å². The van der Waals surface area contributed by atoms with E-state index >= 15 is 0 Å². The van der Waals surface area contributed by atoms with Crippen molar-refractivity contribution in [2.24, 2.45) is 4.99 Å². The van der Waals surface area contributed by atoms with Crippen LogP contribution in [0.5, 0.6) is 0 Å². The quantitative estimate of drug-likeness (QED) is 0.909. The Hall–Kier alpha value is -2.08. The van der Waals surface area contributed by atoms with Crippen molar-refractivity contribution >= 4 is 28.5 Å². The molecule has 0 radical (unpaired) electrons. The van der Waals surface area contributed by atoms with Gasteiger partial charge in [0.05, 0.1) is 11.2 Å². The maximum atomic E-state index is 12.2. The monoisotopic (exact) mass is 286 g/mol. The summed E-state index contributed by atoms with van der Waals surface area (Å²) in [5, 5.41) is 10.4. The number of carbonyl (C=O) groups excluding carboxylic acids is 1. The summed E-state index contributed by atoms with van der Waals surface area (Å²) >= 11 is 1.61. The van der Waals surface area contributed by atoms with E-state index < -0.39 is 0 Å². The Bertz CT molecular complexity index is 650. The number of thioether (sulfide) groups is 1. The summed E-state index contributed by atoms with van der Waals surface area (Å²) in [7, 11) is 0. The van der Waals surface area contributed by atoms with Gasteiger partial charge in [-0.25, -0.2) is 0 Å². The number of nitrogens with one attached hydrogen (secondary N) is 2. The predicted molar refractivity (Wildman–Crippen MR) is 81.2 cm³/mol. The van der Waals surface area contributed by atoms with Crippen LogP contribution < -0.4 is 5.32 Å². The number of aliphatic imine (C=N–C) groups is 1. The van der Waals surface area contributed by atoms with E-state index in [2.05, 4.69) is 20.5 Å². The molecule has 0 spiro atoms. The number of aromatic amines is 1. The molecule has 20 heavy (non-hydrogen) atoms. The molecule has 1 aliphatic heterocycles. The van der Waals surface area contributed by atoms with Crippen molar-refractivity contribution < 1.29 is 4.79 Å². The number of H-pyrrole nitrogens is 1. The second kappa shape index (κ2) is 5.50. The van der Waals surface area contributed by atoms with E-state index in [1.165, 1.54) is 0 Å². The van der Waals surface area contributed by atoms with Gasteiger partial charge < -0.3 is 5.32 Å². The molecule has 2 heterocycles. The van der Waals surface area contributed by atoms with Crippen LogP contribution in [0.15, 0.2) is 41.5 Å². The number of aromatic nitrogens is 2. The first-order chi connectivity index (χ1) is 9.74. The molecule has 0 saturated carbocycles. The maximum Gasteiger partial charge on any atom is 0.251 e. The molecule has 1 atom stereocenters. The largest absolute Gasteiger partial charge is 0.309 e. The molecule has 1 aliphatic rings. The molecule has 1 aromatic heterocycles. The number of hydrogen-bond acceptors (Lipinski definition) is 4. The van der Waals surface area contributed by atoms with Gasteiger partial charge in [0.15, 0.2) is 0 Å². The zero-order chi connectivity index (χ0) is 13.9. The summed E-state index contributed by atoms with van der Waals surface area (Å²) in [6, 6.07) is 9.57. The van der Waals surface area contributed by atoms with Crippen molar-refractivity contribution in [3.8, 4) is 0 Å². The maximum absolute atomic E-state index is 12.2. The van der Waals surface area contributed by atoms with Gasteiger partial charge >= 0.3 is 0 Å². The summed E-state index contributed by atoms with van der Waals surface area (Å²) in [5.41, 5.74) is 1.97. The number of aryl methyl sites for hydroxylation is 1. The number of nitrogens with zero attached hydrogens (tertiary/aromatic N) is 2. The fourth-order valence-electron chi connectivity index (χ4n) is 1.93. The predicted octanol–water partition coefficient (Wildman–Crippen LogP) is 2.22. The van der Waals surface area contributed by atoms with Gasteiger partial charge in [0, 0.05) is 16.9 Å². The van der Waals surface area contributed by atoms with Crippen molar-refractivity contribution in [3.63, 3.8) is 0 Å². The number of hydrogen-bond donors (Lipinski definition) is 2. The van der Waals surface area contributed by atoms with Crippen molar-refractivity contribution in [3.05, 3.63) is 47.7 Å². The van der Waals surface area contributed by atoms with Crippen molar-refractivity contribution in [1.82, 2.24) is 10.2 Å². The summed E-state index contributed by atoms with van der Waals surface area (Å²) in [4.78, 5) is 16.7. The molecular formula is C14H14N4OS. The first-order valence-corrected chi connectivity index (χ1v) is 7.29. The summed E-state index contributed by atoms with van der Waals surface area (Å²) < 4.78 is 0. The third kappa shape index (κ3) is 2.60. The molecule has 3 rings (SSSR count). The first-order valence-electron chi connectivity index (χ1n) is 6.31. The molecule has 6 heteroatoms. The van der Waals surface area contributed by atoms with E-state index in [0.717, 1.165) is 16.2 Å². The smallest absolute Gasteiger partial charge is 0.251 e. The van der Waals surface area contributed by atoms with Gasteiger partial charge in [-0.15, -0.1) is 11.8 Å². The fraction of sp³-hybridized carbons (Fsp3) is 0.214. The Morgan fingerprint density at radius 2 is 2.20 bits per heavy atom. The lowest BCUT2D eigenvalue weighted by Gasteiger charge is -2.06. The molecule has 1 aromatic carbocycles. The SMILES string of the molecule is Cc1cn[nH]c1NC(=O)C1CSC(c2ccccc2)=N1. The van der Waals surface area contributed by atoms with E-state index in [-0.39, 0.29) is 11.9 Å². The van der Waals surface area contributed by atoms with Gasteiger partial charge in [0.1, 0.15) is 11.9 Å². The minimum absolute atomic E-state index is 0.101. The third-order valence-electron chi connectivity index (χ3n) is 3.05. The molecule has 2 N–H and O–H groups in total. The van der Waals surface area contributed by atoms with E-state index in [1.54, 1.807) is 18.0 Å². The van der Waals surface area contributed by atoms with Gasteiger partial charge in [-0.2, -0.15) is 5.10 Å². The highest BCUT2D eigenvalue weighted by Gasteiger charge is 2.26. The zero-order valence-electron chi connectivity index (χ0n) is 11.0. The van der Waals surface area contributed by atoms with E-state index in [0.29, 0.717) is 11.6 Å². The molecular weight excluding hydrogens is 272 g/mol. The number of carbonyl (C=O) groups is 1. The Balaban J connectivity index is 1.72. The average Bonchev–Trinajstić information content (AvgIpc) is 3.10. The minimum atomic E-state index is -0.349. The molecule has 2 aromatic rings. The number of amides is 1. The highest BCUT2D eigenvalue weighted by atomic mass is 32.2. The second-order valence-corrected chi connectivity index (χ2v) is 5.55. The highest BCUT2D eigenvalue weighted by Crippen LogP contribution is 2.24. The fourth-order valence-corrected chi connectivity index (χ4v) is 2.97. The van der Waals surface area contributed by atoms with Crippen LogP contribution in [0.25, 0.3) is 0 Å². The molecule has 1 amide bonds. The Labute approximate surface area is 120 Å². The van der Waals surface area contributed by atoms with Gasteiger partial charge in [0.25, 0.3) is 5.91 Å². The number of rotatable bonds is 3. The summed E-state index contributed by atoms with van der Waals surface area (Å²) in [5.74, 6) is 1.21. The van der Waals surface area contributed by atoms with Gasteiger partial charge in [0.2, 0.25) is 0 Å². The van der Waals surface area contributed by atoms with Gasteiger partial charge in [-0.3, -0.25) is 14.9 Å². The molecule has 0 bridgehead atoms. The van der Waals surface area contributed by atoms with E-state index in [4.69, 9.17) is 0 Å². The molecule has 0 fully saturated rings. The van der Waals surface area contributed by atoms with Crippen LogP contribution in [-0.4, -0.2) is 32.9 Å². The zero-order valence-corrected chi connectivity index (χ0v) is 11.8.